The van der Waals surface area contributed by atoms with Crippen molar-refractivity contribution in [2.45, 2.75) is 20.4 Å². The number of nitrogens with one attached hydrogen (secondary N) is 1. The average Bonchev–Trinajstić information content (AvgIpc) is 2.41. The van der Waals surface area contributed by atoms with Gasteiger partial charge in [-0.15, -0.1) is 0 Å². The van der Waals surface area contributed by atoms with Crippen LogP contribution in [0.2, 0.25) is 5.02 Å². The van der Waals surface area contributed by atoms with E-state index in [1.54, 1.807) is 12.1 Å². The van der Waals surface area contributed by atoms with Crippen LogP contribution in [-0.4, -0.2) is 11.5 Å². The number of nitrogens with zero attached hydrogens (tertiary/aromatic N) is 1. The number of rotatable bonds is 6. The summed E-state index contributed by atoms with van der Waals surface area (Å²) in [5.41, 5.74) is 0.970. The van der Waals surface area contributed by atoms with Gasteiger partial charge in [-0.2, -0.15) is 0 Å². The molecule has 2 rings (SSSR count). The minimum absolute atomic E-state index is 0.594. The molecule has 2 aromatic rings. The summed E-state index contributed by atoms with van der Waals surface area (Å²) in [5.74, 6) is 1.95. The Bertz CT molecular complexity index is 540. The van der Waals surface area contributed by atoms with Crippen molar-refractivity contribution in [3.63, 3.8) is 0 Å². The molecule has 0 radical (unpaired) electrons. The van der Waals surface area contributed by atoms with Gasteiger partial charge in [0.15, 0.2) is 0 Å². The summed E-state index contributed by atoms with van der Waals surface area (Å²) in [6.07, 6.45) is 0. The summed E-state index contributed by atoms with van der Waals surface area (Å²) in [5, 5.41) is 4.06. The standard InChI is InChI=1S/C16H19ClN2O/c1-12(2)10-18-11-14-4-3-5-16(19-14)20-15-8-6-13(17)7-9-15/h3-9,12,18H,10-11H2,1-2H3. The highest BCUT2D eigenvalue weighted by molar-refractivity contribution is 6.30. The Morgan fingerprint density at radius 2 is 1.90 bits per heavy atom. The third-order valence-corrected chi connectivity index (χ3v) is 2.93. The van der Waals surface area contributed by atoms with Crippen LogP contribution in [-0.2, 0) is 6.54 Å². The van der Waals surface area contributed by atoms with E-state index < -0.39 is 0 Å². The molecular weight excluding hydrogens is 272 g/mol. The highest BCUT2D eigenvalue weighted by atomic mass is 35.5. The Morgan fingerprint density at radius 1 is 1.15 bits per heavy atom. The second kappa shape index (κ2) is 7.27. The van der Waals surface area contributed by atoms with Crippen LogP contribution in [0, 0.1) is 5.92 Å². The maximum absolute atomic E-state index is 5.84. The Morgan fingerprint density at radius 3 is 2.60 bits per heavy atom. The van der Waals surface area contributed by atoms with Crippen LogP contribution in [0.15, 0.2) is 42.5 Å². The van der Waals surface area contributed by atoms with E-state index >= 15 is 0 Å². The van der Waals surface area contributed by atoms with Gasteiger partial charge in [-0.3, -0.25) is 0 Å². The van der Waals surface area contributed by atoms with Crippen LogP contribution < -0.4 is 10.1 Å². The van der Waals surface area contributed by atoms with Crippen molar-refractivity contribution < 1.29 is 4.74 Å². The molecule has 0 atom stereocenters. The second-order valence-electron chi connectivity index (χ2n) is 5.05. The van der Waals surface area contributed by atoms with Crippen LogP contribution in [0.4, 0.5) is 0 Å². The highest BCUT2D eigenvalue weighted by Gasteiger charge is 2.01. The number of hydrogen-bond donors (Lipinski definition) is 1. The molecule has 0 amide bonds. The summed E-state index contributed by atoms with van der Waals surface area (Å²) < 4.78 is 5.70. The van der Waals surface area contributed by atoms with Crippen molar-refractivity contribution in [3.8, 4) is 11.6 Å². The van der Waals surface area contributed by atoms with Crippen LogP contribution in [0.3, 0.4) is 0 Å². The fraction of sp³-hybridized carbons (Fsp3) is 0.312. The molecule has 0 aliphatic rings. The van der Waals surface area contributed by atoms with E-state index in [2.05, 4.69) is 24.1 Å². The lowest BCUT2D eigenvalue weighted by Crippen LogP contribution is -2.19. The predicted octanol–water partition coefficient (Wildman–Crippen LogP) is 4.27. The monoisotopic (exact) mass is 290 g/mol. The van der Waals surface area contributed by atoms with Gasteiger partial charge in [-0.25, -0.2) is 4.98 Å². The molecule has 20 heavy (non-hydrogen) atoms. The second-order valence-corrected chi connectivity index (χ2v) is 5.48. The Hall–Kier alpha value is -1.58. The van der Waals surface area contributed by atoms with Gasteiger partial charge in [0.05, 0.1) is 5.69 Å². The molecule has 0 aliphatic carbocycles. The molecular formula is C16H19ClN2O. The third-order valence-electron chi connectivity index (χ3n) is 2.68. The molecule has 0 saturated heterocycles. The fourth-order valence-corrected chi connectivity index (χ4v) is 1.85. The molecule has 1 aromatic heterocycles. The van der Waals surface area contributed by atoms with Crippen molar-refractivity contribution in [1.29, 1.82) is 0 Å². The lowest BCUT2D eigenvalue weighted by Gasteiger charge is -2.09. The summed E-state index contributed by atoms with van der Waals surface area (Å²) in [4.78, 5) is 4.47. The van der Waals surface area contributed by atoms with Crippen LogP contribution in [0.5, 0.6) is 11.6 Å². The fourth-order valence-electron chi connectivity index (χ4n) is 1.73. The molecule has 4 heteroatoms. The van der Waals surface area contributed by atoms with E-state index in [9.17, 15) is 0 Å². The largest absolute Gasteiger partial charge is 0.439 e. The lowest BCUT2D eigenvalue weighted by atomic mass is 10.2. The molecule has 3 nitrogen and oxygen atoms in total. The molecule has 0 spiro atoms. The summed E-state index contributed by atoms with van der Waals surface area (Å²) in [6, 6.07) is 13.0. The minimum atomic E-state index is 0.594. The zero-order chi connectivity index (χ0) is 14.4. The SMILES string of the molecule is CC(C)CNCc1cccc(Oc2ccc(Cl)cc2)n1. The Kier molecular flexibility index (Phi) is 5.39. The predicted molar refractivity (Wildman–Crippen MR) is 82.3 cm³/mol. The molecule has 1 N–H and O–H groups in total. The van der Waals surface area contributed by atoms with Crippen molar-refractivity contribution in [3.05, 3.63) is 53.2 Å². The van der Waals surface area contributed by atoms with Crippen molar-refractivity contribution in [2.75, 3.05) is 6.54 Å². The van der Waals surface area contributed by atoms with Gasteiger partial charge < -0.3 is 10.1 Å². The number of ether oxygens (including phenoxy) is 1. The van der Waals surface area contributed by atoms with E-state index in [4.69, 9.17) is 16.3 Å². The summed E-state index contributed by atoms with van der Waals surface area (Å²) in [6.45, 7) is 6.08. The normalized spacial score (nSPS) is 10.8. The van der Waals surface area contributed by atoms with Gasteiger partial charge in [0, 0.05) is 17.6 Å². The van der Waals surface area contributed by atoms with Gasteiger partial charge in [-0.05, 0) is 42.8 Å². The number of pyridine rings is 1. The third kappa shape index (κ3) is 4.83. The van der Waals surface area contributed by atoms with E-state index in [1.807, 2.05) is 30.3 Å². The molecule has 0 unspecified atom stereocenters. The number of benzene rings is 1. The zero-order valence-corrected chi connectivity index (χ0v) is 12.5. The molecule has 1 aromatic carbocycles. The van der Waals surface area contributed by atoms with Crippen LogP contribution in [0.25, 0.3) is 0 Å². The minimum Gasteiger partial charge on any atom is -0.439 e. The van der Waals surface area contributed by atoms with Gasteiger partial charge in [0.25, 0.3) is 0 Å². The molecule has 0 fully saturated rings. The Labute approximate surface area is 124 Å². The number of aromatic nitrogens is 1. The zero-order valence-electron chi connectivity index (χ0n) is 11.8. The first-order chi connectivity index (χ1) is 9.63. The van der Waals surface area contributed by atoms with Gasteiger partial charge in [-0.1, -0.05) is 31.5 Å². The van der Waals surface area contributed by atoms with E-state index in [1.165, 1.54) is 0 Å². The van der Waals surface area contributed by atoms with Crippen molar-refractivity contribution in [2.24, 2.45) is 5.92 Å². The first-order valence-corrected chi connectivity index (χ1v) is 7.11. The first kappa shape index (κ1) is 14.8. The van der Waals surface area contributed by atoms with Gasteiger partial charge >= 0.3 is 0 Å². The quantitative estimate of drug-likeness (QED) is 0.862. The van der Waals surface area contributed by atoms with Crippen molar-refractivity contribution in [1.82, 2.24) is 10.3 Å². The summed E-state index contributed by atoms with van der Waals surface area (Å²) >= 11 is 5.84. The number of halogens is 1. The van der Waals surface area contributed by atoms with Crippen LogP contribution >= 0.6 is 11.6 Å². The molecule has 0 bridgehead atoms. The highest BCUT2D eigenvalue weighted by Crippen LogP contribution is 2.21. The first-order valence-electron chi connectivity index (χ1n) is 6.73. The smallest absolute Gasteiger partial charge is 0.219 e. The van der Waals surface area contributed by atoms with Gasteiger partial charge in [0.2, 0.25) is 5.88 Å². The van der Waals surface area contributed by atoms with Crippen molar-refractivity contribution >= 4 is 11.6 Å². The molecule has 106 valence electrons. The maximum atomic E-state index is 5.84. The van der Waals surface area contributed by atoms with E-state index in [0.29, 0.717) is 16.8 Å². The lowest BCUT2D eigenvalue weighted by molar-refractivity contribution is 0.458. The number of hydrogen-bond acceptors (Lipinski definition) is 3. The average molecular weight is 291 g/mol. The van der Waals surface area contributed by atoms with E-state index in [-0.39, 0.29) is 0 Å². The molecule has 0 saturated carbocycles. The van der Waals surface area contributed by atoms with Gasteiger partial charge in [0.1, 0.15) is 5.75 Å². The van der Waals surface area contributed by atoms with E-state index in [0.717, 1.165) is 24.5 Å². The maximum Gasteiger partial charge on any atom is 0.219 e. The topological polar surface area (TPSA) is 34.1 Å². The van der Waals surface area contributed by atoms with Crippen LogP contribution in [0.1, 0.15) is 19.5 Å². The molecule has 1 heterocycles. The summed E-state index contributed by atoms with van der Waals surface area (Å²) in [7, 11) is 0. The molecule has 0 aliphatic heterocycles. The Balaban J connectivity index is 1.96.